The van der Waals surface area contributed by atoms with E-state index in [2.05, 4.69) is 23.5 Å². The first kappa shape index (κ1) is 23.5. The van der Waals surface area contributed by atoms with Gasteiger partial charge >= 0.3 is 6.03 Å². The minimum atomic E-state index is -0.860. The second-order valence-electron chi connectivity index (χ2n) is 7.91. The van der Waals surface area contributed by atoms with Gasteiger partial charge in [0.2, 0.25) is 0 Å². The smallest absolute Gasteiger partial charge is 0.335 e. The van der Waals surface area contributed by atoms with Crippen LogP contribution in [0.3, 0.4) is 0 Å². The topological polar surface area (TPSA) is 75.7 Å². The molecule has 1 aliphatic heterocycles. The lowest BCUT2D eigenvalue weighted by atomic mass is 10.1. The molecular formula is C26H20Cl2N2O4. The molecule has 0 radical (unpaired) electrons. The Labute approximate surface area is 206 Å². The van der Waals surface area contributed by atoms with Crippen molar-refractivity contribution in [2.45, 2.75) is 20.5 Å². The number of halogens is 2. The van der Waals surface area contributed by atoms with Crippen molar-refractivity contribution >= 4 is 52.8 Å². The SMILES string of the molecule is Cc1cc(C)cc(COc2ccc(/C=C3\C(=O)NC(=O)N(c4ccc(Cl)c(Cl)c4)C3=O)cc2)c1. The highest BCUT2D eigenvalue weighted by atomic mass is 35.5. The quantitative estimate of drug-likeness (QED) is 0.356. The molecule has 8 heteroatoms. The fourth-order valence-corrected chi connectivity index (χ4v) is 3.95. The van der Waals surface area contributed by atoms with E-state index in [1.54, 1.807) is 24.3 Å². The number of anilines is 1. The molecule has 1 fully saturated rings. The maximum absolute atomic E-state index is 13.0. The van der Waals surface area contributed by atoms with E-state index in [-0.39, 0.29) is 21.3 Å². The summed E-state index contributed by atoms with van der Waals surface area (Å²) in [7, 11) is 0. The molecule has 3 aromatic carbocycles. The number of imide groups is 2. The number of rotatable bonds is 5. The van der Waals surface area contributed by atoms with E-state index >= 15 is 0 Å². The van der Waals surface area contributed by atoms with Crippen LogP contribution in [-0.2, 0) is 16.2 Å². The molecule has 1 N–H and O–H groups in total. The predicted molar refractivity (Wildman–Crippen MR) is 132 cm³/mol. The summed E-state index contributed by atoms with van der Waals surface area (Å²) in [6, 6.07) is 16.7. The number of nitrogens with zero attached hydrogens (tertiary/aromatic N) is 1. The first-order valence-electron chi connectivity index (χ1n) is 10.4. The number of nitrogens with one attached hydrogen (secondary N) is 1. The molecule has 0 saturated carbocycles. The number of benzene rings is 3. The fourth-order valence-electron chi connectivity index (χ4n) is 3.66. The average molecular weight is 495 g/mol. The maximum Gasteiger partial charge on any atom is 0.335 e. The van der Waals surface area contributed by atoms with Gasteiger partial charge in [0, 0.05) is 0 Å². The monoisotopic (exact) mass is 494 g/mol. The van der Waals surface area contributed by atoms with Crippen LogP contribution >= 0.6 is 23.2 Å². The number of barbiturate groups is 1. The highest BCUT2D eigenvalue weighted by Gasteiger charge is 2.37. The van der Waals surface area contributed by atoms with Crippen LogP contribution in [0, 0.1) is 13.8 Å². The number of hydrogen-bond acceptors (Lipinski definition) is 4. The molecule has 4 rings (SSSR count). The van der Waals surface area contributed by atoms with E-state index < -0.39 is 17.8 Å². The van der Waals surface area contributed by atoms with Crippen molar-refractivity contribution in [3.63, 3.8) is 0 Å². The second-order valence-corrected chi connectivity index (χ2v) is 8.72. The van der Waals surface area contributed by atoms with E-state index in [4.69, 9.17) is 27.9 Å². The minimum Gasteiger partial charge on any atom is -0.489 e. The maximum atomic E-state index is 13.0. The molecule has 0 bridgehead atoms. The first-order valence-corrected chi connectivity index (χ1v) is 11.1. The molecule has 172 valence electrons. The van der Waals surface area contributed by atoms with Crippen LogP contribution in [0.4, 0.5) is 10.5 Å². The Hall–Kier alpha value is -3.61. The van der Waals surface area contributed by atoms with Gasteiger partial charge in [-0.1, -0.05) is 64.7 Å². The summed E-state index contributed by atoms with van der Waals surface area (Å²) >= 11 is 11.9. The minimum absolute atomic E-state index is 0.179. The Balaban J connectivity index is 1.52. The Morgan fingerprint density at radius 3 is 2.21 bits per heavy atom. The van der Waals surface area contributed by atoms with E-state index in [1.165, 1.54) is 35.4 Å². The van der Waals surface area contributed by atoms with Gasteiger partial charge in [-0.3, -0.25) is 14.9 Å². The Morgan fingerprint density at radius 2 is 1.56 bits per heavy atom. The molecule has 6 nitrogen and oxygen atoms in total. The van der Waals surface area contributed by atoms with E-state index in [0.29, 0.717) is 17.9 Å². The third-order valence-corrected chi connectivity index (χ3v) is 5.88. The molecule has 0 atom stereocenters. The van der Waals surface area contributed by atoms with Gasteiger partial charge in [-0.05, 0) is 61.4 Å². The van der Waals surface area contributed by atoms with Crippen molar-refractivity contribution in [2.75, 3.05) is 4.90 Å². The molecule has 0 unspecified atom stereocenters. The van der Waals surface area contributed by atoms with Gasteiger partial charge < -0.3 is 4.74 Å². The standard InChI is InChI=1S/C26H20Cl2N2O4/c1-15-9-16(2)11-18(10-15)14-34-20-6-3-17(4-7-20)12-21-24(31)29-26(33)30(25(21)32)19-5-8-22(27)23(28)13-19/h3-13H,14H2,1-2H3,(H,29,31,33)/b21-12+. The number of carbonyl (C=O) groups is 3. The van der Waals surface area contributed by atoms with Crippen molar-refractivity contribution in [3.05, 3.63) is 98.5 Å². The summed E-state index contributed by atoms with van der Waals surface area (Å²) < 4.78 is 5.86. The van der Waals surface area contributed by atoms with Crippen molar-refractivity contribution in [3.8, 4) is 5.75 Å². The molecule has 4 amide bonds. The summed E-state index contributed by atoms with van der Waals surface area (Å²) in [5.74, 6) is -0.892. The molecule has 34 heavy (non-hydrogen) atoms. The van der Waals surface area contributed by atoms with Crippen LogP contribution in [0.5, 0.6) is 5.75 Å². The Kier molecular flexibility index (Phi) is 6.72. The van der Waals surface area contributed by atoms with Crippen molar-refractivity contribution in [1.82, 2.24) is 5.32 Å². The Bertz CT molecular complexity index is 1310. The lowest BCUT2D eigenvalue weighted by Gasteiger charge is -2.26. The number of aryl methyl sites for hydroxylation is 2. The van der Waals surface area contributed by atoms with Crippen molar-refractivity contribution in [1.29, 1.82) is 0 Å². The molecule has 1 heterocycles. The predicted octanol–water partition coefficient (Wildman–Crippen LogP) is 5.86. The van der Waals surface area contributed by atoms with Gasteiger partial charge in [-0.15, -0.1) is 0 Å². The van der Waals surface area contributed by atoms with Gasteiger partial charge in [-0.25, -0.2) is 9.69 Å². The van der Waals surface area contributed by atoms with Gasteiger partial charge in [0.15, 0.2) is 0 Å². The molecule has 3 aromatic rings. The summed E-state index contributed by atoms with van der Waals surface area (Å²) in [4.78, 5) is 38.6. The number of ether oxygens (including phenoxy) is 1. The second kappa shape index (κ2) is 9.71. The van der Waals surface area contributed by atoms with E-state index in [1.807, 2.05) is 13.8 Å². The Morgan fingerprint density at radius 1 is 0.882 bits per heavy atom. The summed E-state index contributed by atoms with van der Waals surface area (Å²) in [6.07, 6.45) is 1.42. The zero-order valence-electron chi connectivity index (χ0n) is 18.4. The number of amides is 4. The van der Waals surface area contributed by atoms with Gasteiger partial charge in [0.05, 0.1) is 15.7 Å². The van der Waals surface area contributed by atoms with Crippen molar-refractivity contribution < 1.29 is 19.1 Å². The van der Waals surface area contributed by atoms with Crippen LogP contribution in [0.2, 0.25) is 10.0 Å². The molecule has 1 aliphatic rings. The van der Waals surface area contributed by atoms with Crippen molar-refractivity contribution in [2.24, 2.45) is 0 Å². The molecule has 0 aliphatic carbocycles. The highest BCUT2D eigenvalue weighted by Crippen LogP contribution is 2.29. The zero-order valence-corrected chi connectivity index (χ0v) is 19.9. The first-order chi connectivity index (χ1) is 16.2. The largest absolute Gasteiger partial charge is 0.489 e. The third kappa shape index (κ3) is 5.14. The molecular weight excluding hydrogens is 475 g/mol. The molecule has 1 saturated heterocycles. The zero-order chi connectivity index (χ0) is 24.4. The van der Waals surface area contributed by atoms with Crippen LogP contribution in [-0.4, -0.2) is 17.8 Å². The van der Waals surface area contributed by atoms with Gasteiger partial charge in [0.1, 0.15) is 17.9 Å². The fraction of sp³-hybridized carbons (Fsp3) is 0.115. The normalized spacial score (nSPS) is 15.0. The summed E-state index contributed by atoms with van der Waals surface area (Å²) in [6.45, 7) is 4.50. The van der Waals surface area contributed by atoms with Crippen LogP contribution in [0.15, 0.2) is 66.2 Å². The number of urea groups is 1. The van der Waals surface area contributed by atoms with E-state index in [9.17, 15) is 14.4 Å². The lowest BCUT2D eigenvalue weighted by molar-refractivity contribution is -0.122. The van der Waals surface area contributed by atoms with Crippen LogP contribution < -0.4 is 15.0 Å². The average Bonchev–Trinajstić information content (AvgIpc) is 2.77. The number of carbonyl (C=O) groups excluding carboxylic acids is 3. The van der Waals surface area contributed by atoms with E-state index in [0.717, 1.165) is 10.5 Å². The van der Waals surface area contributed by atoms with Gasteiger partial charge in [0.25, 0.3) is 11.8 Å². The lowest BCUT2D eigenvalue weighted by Crippen LogP contribution is -2.54. The third-order valence-electron chi connectivity index (χ3n) is 5.14. The molecule has 0 spiro atoms. The highest BCUT2D eigenvalue weighted by molar-refractivity contribution is 6.43. The van der Waals surface area contributed by atoms with Crippen LogP contribution in [0.1, 0.15) is 22.3 Å². The van der Waals surface area contributed by atoms with Crippen LogP contribution in [0.25, 0.3) is 6.08 Å². The summed E-state index contributed by atoms with van der Waals surface area (Å²) in [5.41, 5.74) is 4.02. The number of hydrogen-bond donors (Lipinski definition) is 1. The summed E-state index contributed by atoms with van der Waals surface area (Å²) in [5, 5.41) is 2.64. The molecule has 0 aromatic heterocycles. The van der Waals surface area contributed by atoms with Gasteiger partial charge in [-0.2, -0.15) is 0 Å².